The fraction of sp³-hybridized carbons (Fsp3) is 0.821. The van der Waals surface area contributed by atoms with E-state index in [9.17, 15) is 14.4 Å². The van der Waals surface area contributed by atoms with E-state index in [2.05, 4.69) is 15.6 Å². The van der Waals surface area contributed by atoms with E-state index in [0.29, 0.717) is 25.4 Å². The van der Waals surface area contributed by atoms with Gasteiger partial charge in [0.25, 0.3) is 0 Å². The maximum atomic E-state index is 12.8. The van der Waals surface area contributed by atoms with Gasteiger partial charge in [0.1, 0.15) is 6.04 Å². The van der Waals surface area contributed by atoms with Crippen LogP contribution in [-0.2, 0) is 20.8 Å². The van der Waals surface area contributed by atoms with Crippen molar-refractivity contribution >= 4 is 17.8 Å². The Balaban J connectivity index is 1.56. The van der Waals surface area contributed by atoms with Crippen molar-refractivity contribution in [2.75, 3.05) is 26.2 Å². The Morgan fingerprint density at radius 1 is 0.895 bits per heavy atom. The molecule has 10 nitrogen and oxygen atoms in total. The molecule has 1 aromatic rings. The Kier molecular flexibility index (Phi) is 16.3. The molecule has 2 heterocycles. The standard InChI is InChI=1S/C28H50N6O4/c29-19-11-7-9-15-24-23-34(32-31-24)25(17-18-27(36)37)28(38)30-20-12-6-4-2-1-3-5-10-16-26(35)33-21-13-8-14-22-33/h23,25H,1-22,29H2,(H,30,38)(H,36,37)/t25-/m0/s1. The van der Waals surface area contributed by atoms with Crippen LogP contribution < -0.4 is 11.1 Å². The van der Waals surface area contributed by atoms with E-state index >= 15 is 0 Å². The lowest BCUT2D eigenvalue weighted by atomic mass is 10.1. The molecule has 1 fully saturated rings. The van der Waals surface area contributed by atoms with E-state index in [1.807, 2.05) is 4.90 Å². The average Bonchev–Trinajstić information content (AvgIpc) is 3.38. The van der Waals surface area contributed by atoms with E-state index in [1.54, 1.807) is 6.20 Å². The van der Waals surface area contributed by atoms with E-state index in [0.717, 1.165) is 89.4 Å². The van der Waals surface area contributed by atoms with Crippen LogP contribution in [0.3, 0.4) is 0 Å². The van der Waals surface area contributed by atoms with E-state index in [4.69, 9.17) is 10.8 Å². The number of hydrogen-bond acceptors (Lipinski definition) is 6. The molecule has 38 heavy (non-hydrogen) atoms. The van der Waals surface area contributed by atoms with Gasteiger partial charge in [-0.25, -0.2) is 4.68 Å². The Labute approximate surface area is 228 Å². The quantitative estimate of drug-likeness (QED) is 0.202. The van der Waals surface area contributed by atoms with Gasteiger partial charge in [0, 0.05) is 38.7 Å². The Bertz CT molecular complexity index is 809. The number of carbonyl (C=O) groups is 3. The molecule has 0 aliphatic carbocycles. The van der Waals surface area contributed by atoms with Crippen LogP contribution in [-0.4, -0.2) is 69.0 Å². The molecule has 1 atom stereocenters. The van der Waals surface area contributed by atoms with Gasteiger partial charge in [-0.15, -0.1) is 5.10 Å². The SMILES string of the molecule is NCCCCCc1cn([C@@H](CCC(=O)O)C(=O)NCCCCCCCCCCC(=O)N2CCCCC2)nn1. The fourth-order valence-corrected chi connectivity index (χ4v) is 4.94. The second-order valence-corrected chi connectivity index (χ2v) is 10.5. The van der Waals surface area contributed by atoms with E-state index in [-0.39, 0.29) is 18.7 Å². The van der Waals surface area contributed by atoms with Crippen LogP contribution >= 0.6 is 0 Å². The molecule has 4 N–H and O–H groups in total. The summed E-state index contributed by atoms with van der Waals surface area (Å²) < 4.78 is 1.51. The number of aromatic nitrogens is 3. The van der Waals surface area contributed by atoms with Crippen molar-refractivity contribution in [2.24, 2.45) is 5.73 Å². The normalized spacial score (nSPS) is 14.4. The summed E-state index contributed by atoms with van der Waals surface area (Å²) in [6.07, 6.45) is 18.5. The van der Waals surface area contributed by atoms with Crippen molar-refractivity contribution in [3.8, 4) is 0 Å². The van der Waals surface area contributed by atoms with Crippen LogP contribution in [0.15, 0.2) is 6.20 Å². The lowest BCUT2D eigenvalue weighted by Crippen LogP contribution is -2.35. The molecule has 1 saturated heterocycles. The molecule has 1 aromatic heterocycles. The molecule has 2 amide bonds. The van der Waals surface area contributed by atoms with Gasteiger partial charge in [-0.3, -0.25) is 14.4 Å². The maximum absolute atomic E-state index is 12.8. The van der Waals surface area contributed by atoms with Crippen LogP contribution in [0.5, 0.6) is 0 Å². The van der Waals surface area contributed by atoms with E-state index in [1.165, 1.54) is 30.4 Å². The lowest BCUT2D eigenvalue weighted by Gasteiger charge is -2.26. The van der Waals surface area contributed by atoms with Gasteiger partial charge in [0.05, 0.1) is 5.69 Å². The zero-order valence-electron chi connectivity index (χ0n) is 23.2. The molecular weight excluding hydrogens is 484 g/mol. The highest BCUT2D eigenvalue weighted by atomic mass is 16.4. The van der Waals surface area contributed by atoms with Crippen LogP contribution in [0.1, 0.15) is 121 Å². The first-order chi connectivity index (χ1) is 18.5. The number of aliphatic carboxylic acids is 1. The summed E-state index contributed by atoms with van der Waals surface area (Å²) in [4.78, 5) is 38.1. The molecule has 0 saturated carbocycles. The highest BCUT2D eigenvalue weighted by molar-refractivity contribution is 5.80. The van der Waals surface area contributed by atoms with Gasteiger partial charge in [-0.1, -0.05) is 50.2 Å². The molecule has 0 bridgehead atoms. The predicted octanol–water partition coefficient (Wildman–Crippen LogP) is 4.00. The summed E-state index contributed by atoms with van der Waals surface area (Å²) >= 11 is 0. The van der Waals surface area contributed by atoms with Crippen molar-refractivity contribution in [1.29, 1.82) is 0 Å². The molecule has 0 spiro atoms. The number of hydrogen-bond donors (Lipinski definition) is 3. The minimum atomic E-state index is -0.932. The number of nitrogens with two attached hydrogens (primary N) is 1. The first-order valence-corrected chi connectivity index (χ1v) is 14.9. The number of carbonyl (C=O) groups excluding carboxylic acids is 2. The van der Waals surface area contributed by atoms with Crippen LogP contribution in [0.2, 0.25) is 0 Å². The summed E-state index contributed by atoms with van der Waals surface area (Å²) in [6, 6.07) is -0.668. The van der Waals surface area contributed by atoms with Crippen molar-refractivity contribution in [3.63, 3.8) is 0 Å². The molecule has 2 rings (SSSR count). The number of carboxylic acids is 1. The smallest absolute Gasteiger partial charge is 0.303 e. The third kappa shape index (κ3) is 13.3. The summed E-state index contributed by atoms with van der Waals surface area (Å²) in [5.74, 6) is -0.803. The second-order valence-electron chi connectivity index (χ2n) is 10.5. The number of piperidine rings is 1. The Morgan fingerprint density at radius 3 is 2.24 bits per heavy atom. The molecule has 216 valence electrons. The summed E-state index contributed by atoms with van der Waals surface area (Å²) in [5, 5.41) is 20.3. The average molecular weight is 535 g/mol. The number of unbranched alkanes of at least 4 members (excludes halogenated alkanes) is 9. The topological polar surface area (TPSA) is 143 Å². The highest BCUT2D eigenvalue weighted by Crippen LogP contribution is 2.16. The van der Waals surface area contributed by atoms with Crippen molar-refractivity contribution in [3.05, 3.63) is 11.9 Å². The third-order valence-electron chi connectivity index (χ3n) is 7.27. The number of amides is 2. The lowest BCUT2D eigenvalue weighted by molar-refractivity contribution is -0.137. The second kappa shape index (κ2) is 19.6. The number of rotatable bonds is 21. The molecule has 1 aliphatic heterocycles. The zero-order chi connectivity index (χ0) is 27.4. The summed E-state index contributed by atoms with van der Waals surface area (Å²) in [6.45, 7) is 3.13. The monoisotopic (exact) mass is 534 g/mol. The van der Waals surface area contributed by atoms with E-state index < -0.39 is 12.0 Å². The first kappa shape index (κ1) is 31.7. The highest BCUT2D eigenvalue weighted by Gasteiger charge is 2.23. The van der Waals surface area contributed by atoms with Crippen molar-refractivity contribution in [1.82, 2.24) is 25.2 Å². The van der Waals surface area contributed by atoms with Crippen molar-refractivity contribution in [2.45, 2.75) is 122 Å². The third-order valence-corrected chi connectivity index (χ3v) is 7.27. The number of carboxylic acid groups (broad SMARTS) is 1. The van der Waals surface area contributed by atoms with Crippen molar-refractivity contribution < 1.29 is 19.5 Å². The van der Waals surface area contributed by atoms with Gasteiger partial charge in [-0.05, 0) is 64.3 Å². The first-order valence-electron chi connectivity index (χ1n) is 14.9. The predicted molar refractivity (Wildman–Crippen MR) is 148 cm³/mol. The summed E-state index contributed by atoms with van der Waals surface area (Å²) in [7, 11) is 0. The van der Waals surface area contributed by atoms with Gasteiger partial charge in [0.2, 0.25) is 11.8 Å². The minimum absolute atomic E-state index is 0.101. The van der Waals surface area contributed by atoms with Gasteiger partial charge < -0.3 is 21.1 Å². The van der Waals surface area contributed by atoms with Gasteiger partial charge >= 0.3 is 5.97 Å². The maximum Gasteiger partial charge on any atom is 0.303 e. The Morgan fingerprint density at radius 2 is 1.55 bits per heavy atom. The van der Waals surface area contributed by atoms with Crippen LogP contribution in [0.25, 0.3) is 0 Å². The van der Waals surface area contributed by atoms with Gasteiger partial charge in [-0.2, -0.15) is 0 Å². The van der Waals surface area contributed by atoms with Crippen LogP contribution in [0.4, 0.5) is 0 Å². The molecule has 0 radical (unpaired) electrons. The molecule has 0 aromatic carbocycles. The largest absolute Gasteiger partial charge is 0.481 e. The molecule has 1 aliphatic rings. The van der Waals surface area contributed by atoms with Crippen LogP contribution in [0, 0.1) is 0 Å². The number of likely N-dealkylation sites (tertiary alicyclic amines) is 1. The fourth-order valence-electron chi connectivity index (χ4n) is 4.94. The number of nitrogens with one attached hydrogen (secondary N) is 1. The Hall–Kier alpha value is -2.49. The van der Waals surface area contributed by atoms with Gasteiger partial charge in [0.15, 0.2) is 0 Å². The molecule has 10 heteroatoms. The molecular formula is C28H50N6O4. The number of aryl methyl sites for hydroxylation is 1. The number of nitrogens with zero attached hydrogens (tertiary/aromatic N) is 4. The zero-order valence-corrected chi connectivity index (χ0v) is 23.2. The molecule has 0 unspecified atom stereocenters. The summed E-state index contributed by atoms with van der Waals surface area (Å²) in [5.41, 5.74) is 6.34. The minimum Gasteiger partial charge on any atom is -0.481 e.